The number of hydrogen-bond donors (Lipinski definition) is 2. The Morgan fingerprint density at radius 1 is 1.32 bits per heavy atom. The summed E-state index contributed by atoms with van der Waals surface area (Å²) in [5.74, 6) is -0.0374. The molecule has 1 fully saturated rings. The third-order valence-corrected chi connectivity index (χ3v) is 4.28. The van der Waals surface area contributed by atoms with E-state index in [0.717, 1.165) is 11.0 Å². The Labute approximate surface area is 131 Å². The second kappa shape index (κ2) is 5.77. The summed E-state index contributed by atoms with van der Waals surface area (Å²) in [5.41, 5.74) is 6.75. The van der Waals surface area contributed by atoms with Crippen molar-refractivity contribution in [2.24, 2.45) is 5.73 Å². The molecular weight excluding hydrogens is 279 g/mol. The second-order valence-corrected chi connectivity index (χ2v) is 6.40. The van der Waals surface area contributed by atoms with E-state index in [1.165, 1.54) is 6.07 Å². The molecule has 0 atom stereocenters. The summed E-state index contributed by atoms with van der Waals surface area (Å²) < 4.78 is 12.0. The third-order valence-electron chi connectivity index (χ3n) is 4.28. The maximum absolute atomic E-state index is 9.56. The predicted molar refractivity (Wildman–Crippen MR) is 85.9 cm³/mol. The molecule has 0 aliphatic carbocycles. The van der Waals surface area contributed by atoms with E-state index in [0.29, 0.717) is 0 Å². The standard InChI is InChI=1S/C16H21BN2O3/c1-15(2)16(3,4)22-17(21-15)13(10-19)8-11-5-6-14(20)12(7-11)9-18/h5-8,20H,10,19H2,1-4H3. The van der Waals surface area contributed by atoms with Crippen molar-refractivity contribution in [2.45, 2.75) is 38.9 Å². The van der Waals surface area contributed by atoms with Gasteiger partial charge in [0.05, 0.1) is 16.8 Å². The minimum Gasteiger partial charge on any atom is -0.507 e. The Bertz CT molecular complexity index is 631. The van der Waals surface area contributed by atoms with Crippen LogP contribution in [0.25, 0.3) is 6.08 Å². The van der Waals surface area contributed by atoms with Crippen LogP contribution < -0.4 is 5.73 Å². The molecule has 1 saturated heterocycles. The lowest BCUT2D eigenvalue weighted by Crippen LogP contribution is -2.41. The fourth-order valence-electron chi connectivity index (χ4n) is 2.16. The van der Waals surface area contributed by atoms with E-state index in [-0.39, 0.29) is 17.9 Å². The molecule has 1 aromatic rings. The van der Waals surface area contributed by atoms with Crippen molar-refractivity contribution < 1.29 is 14.4 Å². The minimum absolute atomic E-state index is 0.0374. The number of phenols is 1. The van der Waals surface area contributed by atoms with Gasteiger partial charge < -0.3 is 20.1 Å². The molecule has 3 N–H and O–H groups in total. The lowest BCUT2D eigenvalue weighted by atomic mass is 9.77. The van der Waals surface area contributed by atoms with Gasteiger partial charge in [0.1, 0.15) is 11.8 Å². The topological polar surface area (TPSA) is 88.5 Å². The molecule has 0 spiro atoms. The van der Waals surface area contributed by atoms with Crippen molar-refractivity contribution in [1.29, 1.82) is 5.26 Å². The van der Waals surface area contributed by atoms with Crippen LogP contribution in [0.4, 0.5) is 0 Å². The maximum Gasteiger partial charge on any atom is 0.491 e. The van der Waals surface area contributed by atoms with Gasteiger partial charge in [-0.05, 0) is 50.9 Å². The smallest absolute Gasteiger partial charge is 0.491 e. The molecule has 6 heteroatoms. The molecule has 0 radical (unpaired) electrons. The maximum atomic E-state index is 9.56. The molecule has 2 rings (SSSR count). The Hall–Kier alpha value is -1.81. The van der Waals surface area contributed by atoms with Crippen molar-refractivity contribution in [3.8, 4) is 11.8 Å². The number of nitriles is 1. The number of hydrogen-bond acceptors (Lipinski definition) is 5. The third kappa shape index (κ3) is 3.02. The number of phenolic OH excluding ortho intramolecular Hbond substituents is 1. The van der Waals surface area contributed by atoms with Gasteiger partial charge in [0.2, 0.25) is 0 Å². The molecule has 116 valence electrons. The van der Waals surface area contributed by atoms with Gasteiger partial charge in [0.25, 0.3) is 0 Å². The predicted octanol–water partition coefficient (Wildman–Crippen LogP) is 2.24. The number of nitrogens with zero attached hydrogens (tertiary/aromatic N) is 1. The molecule has 1 aromatic carbocycles. The zero-order valence-corrected chi connectivity index (χ0v) is 13.4. The van der Waals surface area contributed by atoms with E-state index in [2.05, 4.69) is 0 Å². The van der Waals surface area contributed by atoms with E-state index in [4.69, 9.17) is 20.3 Å². The van der Waals surface area contributed by atoms with E-state index in [1.807, 2.05) is 39.8 Å². The highest BCUT2D eigenvalue weighted by Crippen LogP contribution is 2.38. The number of rotatable bonds is 3. The Morgan fingerprint density at radius 3 is 2.41 bits per heavy atom. The van der Waals surface area contributed by atoms with Crippen LogP contribution in [-0.4, -0.2) is 30.0 Å². The first-order valence-corrected chi connectivity index (χ1v) is 7.19. The van der Waals surface area contributed by atoms with Crippen LogP contribution >= 0.6 is 0 Å². The molecule has 5 nitrogen and oxygen atoms in total. The summed E-state index contributed by atoms with van der Waals surface area (Å²) in [6.45, 7) is 8.20. The summed E-state index contributed by atoms with van der Waals surface area (Å²) in [6, 6.07) is 6.77. The van der Waals surface area contributed by atoms with Gasteiger partial charge in [-0.25, -0.2) is 0 Å². The molecule has 1 aliphatic rings. The fraction of sp³-hybridized carbons (Fsp3) is 0.438. The van der Waals surface area contributed by atoms with Gasteiger partial charge in [-0.2, -0.15) is 5.26 Å². The first-order valence-electron chi connectivity index (χ1n) is 7.19. The van der Waals surface area contributed by atoms with Gasteiger partial charge in [-0.1, -0.05) is 12.1 Å². The lowest BCUT2D eigenvalue weighted by molar-refractivity contribution is 0.00578. The van der Waals surface area contributed by atoms with Crippen LogP contribution in [0.5, 0.6) is 5.75 Å². The first-order chi connectivity index (χ1) is 10.2. The van der Waals surface area contributed by atoms with Crippen molar-refractivity contribution in [3.63, 3.8) is 0 Å². The Balaban J connectivity index is 2.32. The molecule has 0 saturated carbocycles. The minimum atomic E-state index is -0.519. The highest BCUT2D eigenvalue weighted by molar-refractivity contribution is 6.55. The van der Waals surface area contributed by atoms with Gasteiger partial charge in [0, 0.05) is 6.54 Å². The summed E-state index contributed by atoms with van der Waals surface area (Å²) >= 11 is 0. The summed E-state index contributed by atoms with van der Waals surface area (Å²) in [4.78, 5) is 0. The van der Waals surface area contributed by atoms with Crippen LogP contribution in [0, 0.1) is 11.3 Å². The Kier molecular flexibility index (Phi) is 4.34. The molecule has 0 bridgehead atoms. The summed E-state index contributed by atoms with van der Waals surface area (Å²) in [7, 11) is -0.519. The highest BCUT2D eigenvalue weighted by atomic mass is 16.7. The van der Waals surface area contributed by atoms with Gasteiger partial charge in [-0.3, -0.25) is 0 Å². The average Bonchev–Trinajstić information content (AvgIpc) is 2.66. The lowest BCUT2D eigenvalue weighted by Gasteiger charge is -2.32. The molecule has 1 aliphatic heterocycles. The Morgan fingerprint density at radius 2 is 1.91 bits per heavy atom. The SMILES string of the molecule is CC1(C)OB(C(=Cc2ccc(O)c(C#N)c2)CN)OC1(C)C. The van der Waals surface area contributed by atoms with Crippen molar-refractivity contribution in [3.05, 3.63) is 34.8 Å². The summed E-state index contributed by atoms with van der Waals surface area (Å²) in [5, 5.41) is 18.5. The summed E-state index contributed by atoms with van der Waals surface area (Å²) in [6.07, 6.45) is 1.84. The molecule has 22 heavy (non-hydrogen) atoms. The molecular formula is C16H21BN2O3. The largest absolute Gasteiger partial charge is 0.507 e. The van der Waals surface area contributed by atoms with E-state index in [9.17, 15) is 5.11 Å². The van der Waals surface area contributed by atoms with Gasteiger partial charge in [-0.15, -0.1) is 0 Å². The fourth-order valence-corrected chi connectivity index (χ4v) is 2.16. The van der Waals surface area contributed by atoms with Crippen LogP contribution in [-0.2, 0) is 9.31 Å². The van der Waals surface area contributed by atoms with Crippen molar-refractivity contribution in [1.82, 2.24) is 0 Å². The van der Waals surface area contributed by atoms with E-state index >= 15 is 0 Å². The number of aromatic hydroxyl groups is 1. The van der Waals surface area contributed by atoms with Crippen molar-refractivity contribution >= 4 is 13.2 Å². The quantitative estimate of drug-likeness (QED) is 0.836. The van der Waals surface area contributed by atoms with Gasteiger partial charge in [0.15, 0.2) is 0 Å². The first kappa shape index (κ1) is 16.6. The molecule has 0 aromatic heterocycles. The van der Waals surface area contributed by atoms with E-state index < -0.39 is 18.3 Å². The number of benzene rings is 1. The molecule has 0 unspecified atom stereocenters. The van der Waals surface area contributed by atoms with Crippen LogP contribution in [0.2, 0.25) is 0 Å². The molecule has 0 amide bonds. The van der Waals surface area contributed by atoms with Crippen molar-refractivity contribution in [2.75, 3.05) is 6.54 Å². The van der Waals surface area contributed by atoms with Gasteiger partial charge >= 0.3 is 7.12 Å². The van der Waals surface area contributed by atoms with Crippen LogP contribution in [0.15, 0.2) is 23.7 Å². The number of nitrogens with two attached hydrogens (primary N) is 1. The highest BCUT2D eigenvalue weighted by Gasteiger charge is 2.52. The van der Waals surface area contributed by atoms with E-state index in [1.54, 1.807) is 12.1 Å². The van der Waals surface area contributed by atoms with Crippen LogP contribution in [0.1, 0.15) is 38.8 Å². The zero-order valence-electron chi connectivity index (χ0n) is 13.4. The second-order valence-electron chi connectivity index (χ2n) is 6.40. The monoisotopic (exact) mass is 300 g/mol. The zero-order chi connectivity index (χ0) is 16.5. The van der Waals surface area contributed by atoms with Crippen LogP contribution in [0.3, 0.4) is 0 Å². The average molecular weight is 300 g/mol. The molecule has 1 heterocycles. The normalized spacial score (nSPS) is 20.0.